The minimum absolute atomic E-state index is 1.07. The van der Waals surface area contributed by atoms with Crippen molar-refractivity contribution in [2.75, 3.05) is 11.9 Å². The average Bonchev–Trinajstić information content (AvgIpc) is 2.75. The maximum absolute atomic E-state index is 4.48. The molecule has 0 fully saturated rings. The Kier molecular flexibility index (Phi) is 2.17. The monoisotopic (exact) mass is 213 g/mol. The lowest BCUT2D eigenvalue weighted by molar-refractivity contribution is 0.769. The fourth-order valence-electron chi connectivity index (χ4n) is 2.31. The number of rotatable bonds is 1. The Balaban J connectivity index is 2.13. The quantitative estimate of drug-likeness (QED) is 0.788. The molecule has 1 aliphatic rings. The summed E-state index contributed by atoms with van der Waals surface area (Å²) >= 11 is 0. The number of nitrogens with one attached hydrogen (secondary N) is 1. The van der Waals surface area contributed by atoms with Gasteiger partial charge in [0, 0.05) is 31.0 Å². The lowest BCUT2D eigenvalue weighted by Crippen LogP contribution is -2.12. The number of hydrogen-bond acceptors (Lipinski definition) is 2. The molecule has 3 rings (SSSR count). The third-order valence-electron chi connectivity index (χ3n) is 3.08. The van der Waals surface area contributed by atoms with Gasteiger partial charge in [-0.1, -0.05) is 12.1 Å². The van der Waals surface area contributed by atoms with Crippen molar-refractivity contribution in [2.45, 2.75) is 12.8 Å². The van der Waals surface area contributed by atoms with E-state index in [1.54, 1.807) is 0 Å². The van der Waals surface area contributed by atoms with Crippen molar-refractivity contribution >= 4 is 5.69 Å². The van der Waals surface area contributed by atoms with E-state index in [-0.39, 0.29) is 0 Å². The summed E-state index contributed by atoms with van der Waals surface area (Å²) in [6.45, 7) is 1.08. The van der Waals surface area contributed by atoms with Crippen LogP contribution in [0.3, 0.4) is 0 Å². The van der Waals surface area contributed by atoms with Crippen molar-refractivity contribution in [3.8, 4) is 11.3 Å². The van der Waals surface area contributed by atoms with Crippen LogP contribution in [0.5, 0.6) is 0 Å². The predicted molar refractivity (Wildman–Crippen MR) is 65.5 cm³/mol. The topological polar surface area (TPSA) is 29.9 Å². The molecule has 1 N–H and O–H groups in total. The predicted octanol–water partition coefficient (Wildman–Crippen LogP) is 2.45. The molecule has 0 unspecified atom stereocenters. The van der Waals surface area contributed by atoms with Crippen LogP contribution < -0.4 is 5.32 Å². The third-order valence-corrected chi connectivity index (χ3v) is 3.08. The fraction of sp³-hybridized carbons (Fsp3) is 0.308. The SMILES string of the molecule is Cn1ccc(-c2cccc3c2CCCN3)n1. The van der Waals surface area contributed by atoms with E-state index in [4.69, 9.17) is 0 Å². The van der Waals surface area contributed by atoms with Gasteiger partial charge in [0.05, 0.1) is 5.69 Å². The van der Waals surface area contributed by atoms with Crippen LogP contribution in [0.1, 0.15) is 12.0 Å². The molecule has 0 bridgehead atoms. The molecule has 0 amide bonds. The molecule has 82 valence electrons. The van der Waals surface area contributed by atoms with E-state index in [1.807, 2.05) is 17.9 Å². The summed E-state index contributed by atoms with van der Waals surface area (Å²) in [6.07, 6.45) is 4.34. The van der Waals surface area contributed by atoms with Crippen LogP contribution in [0, 0.1) is 0 Å². The van der Waals surface area contributed by atoms with Gasteiger partial charge in [-0.25, -0.2) is 0 Å². The van der Waals surface area contributed by atoms with Gasteiger partial charge in [-0.15, -0.1) is 0 Å². The molecule has 3 nitrogen and oxygen atoms in total. The van der Waals surface area contributed by atoms with Crippen LogP contribution >= 0.6 is 0 Å². The van der Waals surface area contributed by atoms with Gasteiger partial charge in [-0.3, -0.25) is 4.68 Å². The van der Waals surface area contributed by atoms with E-state index in [1.165, 1.54) is 23.2 Å². The number of aryl methyl sites for hydroxylation is 1. The van der Waals surface area contributed by atoms with Crippen molar-refractivity contribution in [2.24, 2.45) is 7.05 Å². The minimum atomic E-state index is 1.07. The zero-order valence-electron chi connectivity index (χ0n) is 9.40. The zero-order valence-corrected chi connectivity index (χ0v) is 9.40. The second-order valence-electron chi connectivity index (χ2n) is 4.24. The van der Waals surface area contributed by atoms with Gasteiger partial charge in [0.2, 0.25) is 0 Å². The first-order chi connectivity index (χ1) is 7.84. The first kappa shape index (κ1) is 9.46. The van der Waals surface area contributed by atoms with Crippen LogP contribution in [0.2, 0.25) is 0 Å². The molecule has 2 heterocycles. The highest BCUT2D eigenvalue weighted by Crippen LogP contribution is 2.31. The number of nitrogens with zero attached hydrogens (tertiary/aromatic N) is 2. The molecule has 0 aliphatic carbocycles. The van der Waals surface area contributed by atoms with Crippen molar-refractivity contribution in [3.63, 3.8) is 0 Å². The Morgan fingerprint density at radius 1 is 1.31 bits per heavy atom. The van der Waals surface area contributed by atoms with Crippen LogP contribution in [-0.2, 0) is 13.5 Å². The Hall–Kier alpha value is -1.77. The van der Waals surface area contributed by atoms with Gasteiger partial charge in [0.1, 0.15) is 0 Å². The van der Waals surface area contributed by atoms with Crippen molar-refractivity contribution in [3.05, 3.63) is 36.0 Å². The van der Waals surface area contributed by atoms with E-state index < -0.39 is 0 Å². The number of benzene rings is 1. The van der Waals surface area contributed by atoms with Gasteiger partial charge in [0.15, 0.2) is 0 Å². The summed E-state index contributed by atoms with van der Waals surface area (Å²) in [5.41, 5.74) is 5.02. The largest absolute Gasteiger partial charge is 0.385 e. The molecule has 0 radical (unpaired) electrons. The zero-order chi connectivity index (χ0) is 11.0. The maximum Gasteiger partial charge on any atom is 0.0926 e. The van der Waals surface area contributed by atoms with E-state index in [0.717, 1.165) is 18.7 Å². The molecule has 2 aromatic rings. The summed E-state index contributed by atoms with van der Waals surface area (Å²) in [7, 11) is 1.96. The lowest BCUT2D eigenvalue weighted by Gasteiger charge is -2.20. The first-order valence-electron chi connectivity index (χ1n) is 5.70. The molecule has 1 aromatic heterocycles. The Morgan fingerprint density at radius 2 is 2.25 bits per heavy atom. The normalized spacial score (nSPS) is 14.3. The van der Waals surface area contributed by atoms with Crippen molar-refractivity contribution < 1.29 is 0 Å². The average molecular weight is 213 g/mol. The number of aromatic nitrogens is 2. The Bertz CT molecular complexity index is 514. The fourth-order valence-corrected chi connectivity index (χ4v) is 2.31. The molecule has 16 heavy (non-hydrogen) atoms. The highest BCUT2D eigenvalue weighted by molar-refractivity contribution is 5.72. The summed E-state index contributed by atoms with van der Waals surface area (Å²) in [6, 6.07) is 8.49. The van der Waals surface area contributed by atoms with E-state index >= 15 is 0 Å². The van der Waals surface area contributed by atoms with Crippen molar-refractivity contribution in [1.29, 1.82) is 0 Å². The molecule has 0 spiro atoms. The second-order valence-corrected chi connectivity index (χ2v) is 4.24. The van der Waals surface area contributed by atoms with Crippen LogP contribution in [0.25, 0.3) is 11.3 Å². The van der Waals surface area contributed by atoms with E-state index in [2.05, 4.69) is 34.7 Å². The molecule has 1 aliphatic heterocycles. The third kappa shape index (κ3) is 1.48. The van der Waals surface area contributed by atoms with Gasteiger partial charge in [-0.05, 0) is 30.5 Å². The summed E-state index contributed by atoms with van der Waals surface area (Å²) in [5, 5.41) is 7.92. The summed E-state index contributed by atoms with van der Waals surface area (Å²) < 4.78 is 1.85. The van der Waals surface area contributed by atoms with Crippen molar-refractivity contribution in [1.82, 2.24) is 9.78 Å². The molecular formula is C13H15N3. The van der Waals surface area contributed by atoms with Gasteiger partial charge >= 0.3 is 0 Å². The molecule has 3 heteroatoms. The molecule has 1 aromatic carbocycles. The highest BCUT2D eigenvalue weighted by Gasteiger charge is 2.14. The first-order valence-corrected chi connectivity index (χ1v) is 5.70. The van der Waals surface area contributed by atoms with E-state index in [0.29, 0.717) is 0 Å². The Morgan fingerprint density at radius 3 is 3.06 bits per heavy atom. The van der Waals surface area contributed by atoms with Gasteiger partial charge in [0.25, 0.3) is 0 Å². The molecule has 0 atom stereocenters. The second kappa shape index (κ2) is 3.67. The molecule has 0 saturated heterocycles. The standard InChI is InChI=1S/C13H15N3/c1-16-9-7-13(15-16)11-4-2-6-12-10(11)5-3-8-14-12/h2,4,6-7,9,14H,3,5,8H2,1H3. The molecular weight excluding hydrogens is 198 g/mol. The smallest absolute Gasteiger partial charge is 0.0926 e. The number of anilines is 1. The summed E-state index contributed by atoms with van der Waals surface area (Å²) in [5.74, 6) is 0. The number of fused-ring (bicyclic) bond motifs is 1. The van der Waals surface area contributed by atoms with Gasteiger partial charge < -0.3 is 5.32 Å². The van der Waals surface area contributed by atoms with Crippen LogP contribution in [0.15, 0.2) is 30.5 Å². The Labute approximate surface area is 95.1 Å². The number of hydrogen-bond donors (Lipinski definition) is 1. The summed E-state index contributed by atoms with van der Waals surface area (Å²) in [4.78, 5) is 0. The minimum Gasteiger partial charge on any atom is -0.385 e. The lowest BCUT2D eigenvalue weighted by atomic mass is 9.96. The van der Waals surface area contributed by atoms with Gasteiger partial charge in [-0.2, -0.15) is 5.10 Å². The van der Waals surface area contributed by atoms with E-state index in [9.17, 15) is 0 Å². The highest BCUT2D eigenvalue weighted by atomic mass is 15.2. The van der Waals surface area contributed by atoms with Crippen LogP contribution in [-0.4, -0.2) is 16.3 Å². The maximum atomic E-state index is 4.48. The molecule has 0 saturated carbocycles. The van der Waals surface area contributed by atoms with Crippen LogP contribution in [0.4, 0.5) is 5.69 Å².